The molecule has 0 aromatic heterocycles. The molecule has 0 heterocycles. The zero-order chi connectivity index (χ0) is 28.9. The zero-order valence-electron chi connectivity index (χ0n) is 24.1. The number of rotatable bonds is 15. The highest BCUT2D eigenvalue weighted by atomic mass is 16.5. The van der Waals surface area contributed by atoms with Gasteiger partial charge in [0.2, 0.25) is 0 Å². The van der Waals surface area contributed by atoms with Crippen LogP contribution in [0.4, 0.5) is 0 Å². The quantitative estimate of drug-likeness (QED) is 0.161. The van der Waals surface area contributed by atoms with Crippen molar-refractivity contribution in [2.75, 3.05) is 27.9 Å². The molecule has 4 aromatic rings. The Morgan fingerprint density at radius 2 is 1.12 bits per heavy atom. The summed E-state index contributed by atoms with van der Waals surface area (Å²) in [6, 6.07) is 36.0. The van der Waals surface area contributed by atoms with Crippen LogP contribution in [-0.4, -0.2) is 44.8 Å². The highest BCUT2D eigenvalue weighted by Gasteiger charge is 2.34. The predicted octanol–water partition coefficient (Wildman–Crippen LogP) is 6.32. The van der Waals surface area contributed by atoms with Crippen LogP contribution in [0, 0.1) is 5.92 Å². The highest BCUT2D eigenvalue weighted by molar-refractivity contribution is 5.73. The summed E-state index contributed by atoms with van der Waals surface area (Å²) in [5.41, 5.74) is 4.37. The molecule has 4 aromatic carbocycles. The lowest BCUT2D eigenvalue weighted by molar-refractivity contribution is -0.149. The van der Waals surface area contributed by atoms with E-state index >= 15 is 0 Å². The summed E-state index contributed by atoms with van der Waals surface area (Å²) in [6.45, 7) is 2.03. The second kappa shape index (κ2) is 15.6. The molecule has 0 amide bonds. The number of methoxy groups -OCH3 is 3. The van der Waals surface area contributed by atoms with Crippen LogP contribution in [-0.2, 0) is 40.4 Å². The van der Waals surface area contributed by atoms with Crippen LogP contribution in [0.5, 0.6) is 11.5 Å². The van der Waals surface area contributed by atoms with Crippen LogP contribution in [0.1, 0.15) is 22.3 Å². The van der Waals surface area contributed by atoms with Crippen molar-refractivity contribution in [1.82, 2.24) is 4.90 Å². The fraction of sp³-hybridized carbons (Fsp3) is 0.286. The zero-order valence-corrected chi connectivity index (χ0v) is 24.1. The maximum atomic E-state index is 13.4. The average Bonchev–Trinajstić information content (AvgIpc) is 3.03. The summed E-state index contributed by atoms with van der Waals surface area (Å²) in [5, 5.41) is 0. The van der Waals surface area contributed by atoms with E-state index in [2.05, 4.69) is 41.3 Å². The lowest BCUT2D eigenvalue weighted by Crippen LogP contribution is -2.47. The van der Waals surface area contributed by atoms with Gasteiger partial charge in [-0.15, -0.1) is 0 Å². The van der Waals surface area contributed by atoms with E-state index in [0.29, 0.717) is 32.7 Å². The molecule has 0 radical (unpaired) electrons. The Bertz CT molecular complexity index is 1260. The first-order chi connectivity index (χ1) is 20.1. The lowest BCUT2D eigenvalue weighted by Gasteiger charge is -2.36. The Hall–Kier alpha value is -4.13. The largest absolute Gasteiger partial charge is 0.497 e. The monoisotopic (exact) mass is 553 g/mol. The molecule has 41 heavy (non-hydrogen) atoms. The van der Waals surface area contributed by atoms with Gasteiger partial charge in [-0.2, -0.15) is 0 Å². The molecule has 0 aliphatic carbocycles. The van der Waals surface area contributed by atoms with Crippen LogP contribution in [0.25, 0.3) is 0 Å². The number of benzene rings is 4. The van der Waals surface area contributed by atoms with E-state index in [4.69, 9.17) is 18.9 Å². The van der Waals surface area contributed by atoms with Crippen molar-refractivity contribution in [3.63, 3.8) is 0 Å². The molecule has 0 aliphatic rings. The van der Waals surface area contributed by atoms with Gasteiger partial charge < -0.3 is 18.9 Å². The third-order valence-electron chi connectivity index (χ3n) is 7.23. The molecule has 0 fully saturated rings. The van der Waals surface area contributed by atoms with Crippen LogP contribution < -0.4 is 9.47 Å². The summed E-state index contributed by atoms with van der Waals surface area (Å²) in [4.78, 5) is 15.7. The minimum absolute atomic E-state index is 0.253. The molecule has 0 spiro atoms. The Balaban J connectivity index is 1.69. The number of hydrogen-bond acceptors (Lipinski definition) is 6. The van der Waals surface area contributed by atoms with Gasteiger partial charge in [0.25, 0.3) is 0 Å². The SMILES string of the molecule is COC(=O)[C@@H](Cc1ccccc1)[C@H](COCc1ccccc1)N(Cc1ccc(OC)cc1)Cc1ccc(OC)cc1. The molecule has 0 saturated carbocycles. The summed E-state index contributed by atoms with van der Waals surface area (Å²) in [7, 11) is 4.78. The second-order valence-electron chi connectivity index (χ2n) is 9.99. The summed E-state index contributed by atoms with van der Waals surface area (Å²) in [5.74, 6) is 0.899. The van der Waals surface area contributed by atoms with E-state index < -0.39 is 5.92 Å². The van der Waals surface area contributed by atoms with Gasteiger partial charge in [-0.3, -0.25) is 9.69 Å². The topological polar surface area (TPSA) is 57.2 Å². The smallest absolute Gasteiger partial charge is 0.310 e. The molecular weight excluding hydrogens is 514 g/mol. The standard InChI is InChI=1S/C35H39NO5/c1-38-31-18-14-28(15-19-31)23-36(24-29-16-20-32(39-2)21-17-29)34(26-41-25-30-12-8-5-9-13-30)33(35(37)40-3)22-27-10-6-4-7-11-27/h4-21,33-34H,22-26H2,1-3H3/t33-,34-/m0/s1. The van der Waals surface area contributed by atoms with Gasteiger partial charge in [0.1, 0.15) is 11.5 Å². The van der Waals surface area contributed by atoms with Crippen LogP contribution in [0.3, 0.4) is 0 Å². The Kier molecular flexibility index (Phi) is 11.4. The molecule has 0 N–H and O–H groups in total. The Labute approximate surface area is 243 Å². The molecule has 214 valence electrons. The van der Waals surface area contributed by atoms with Gasteiger partial charge in [-0.1, -0.05) is 84.9 Å². The molecule has 6 heteroatoms. The number of esters is 1. The molecule has 4 rings (SSSR count). The minimum Gasteiger partial charge on any atom is -0.497 e. The number of ether oxygens (including phenoxy) is 4. The molecule has 0 aliphatic heterocycles. The molecular formula is C35H39NO5. The van der Waals surface area contributed by atoms with E-state index in [1.54, 1.807) is 14.2 Å². The van der Waals surface area contributed by atoms with Gasteiger partial charge in [-0.25, -0.2) is 0 Å². The number of carbonyl (C=O) groups is 1. The lowest BCUT2D eigenvalue weighted by atomic mass is 9.90. The average molecular weight is 554 g/mol. The first kappa shape index (κ1) is 29.8. The van der Waals surface area contributed by atoms with Crippen molar-refractivity contribution in [3.05, 3.63) is 131 Å². The first-order valence-electron chi connectivity index (χ1n) is 13.8. The first-order valence-corrected chi connectivity index (χ1v) is 13.8. The van der Waals surface area contributed by atoms with E-state index in [0.717, 1.165) is 33.8 Å². The second-order valence-corrected chi connectivity index (χ2v) is 9.99. The normalized spacial score (nSPS) is 12.5. The highest BCUT2D eigenvalue weighted by Crippen LogP contribution is 2.25. The Morgan fingerprint density at radius 1 is 0.634 bits per heavy atom. The van der Waals surface area contributed by atoms with E-state index in [-0.39, 0.29) is 12.0 Å². The van der Waals surface area contributed by atoms with Crippen molar-refractivity contribution in [2.24, 2.45) is 5.92 Å². The van der Waals surface area contributed by atoms with Crippen molar-refractivity contribution < 1.29 is 23.7 Å². The van der Waals surface area contributed by atoms with E-state index in [1.165, 1.54) is 7.11 Å². The van der Waals surface area contributed by atoms with Crippen LogP contribution in [0.2, 0.25) is 0 Å². The summed E-state index contributed by atoms with van der Waals surface area (Å²) >= 11 is 0. The van der Waals surface area contributed by atoms with Gasteiger partial charge >= 0.3 is 5.97 Å². The van der Waals surface area contributed by atoms with Gasteiger partial charge in [0.05, 0.1) is 40.5 Å². The van der Waals surface area contributed by atoms with E-state index in [9.17, 15) is 4.79 Å². The van der Waals surface area contributed by atoms with Crippen molar-refractivity contribution in [3.8, 4) is 11.5 Å². The van der Waals surface area contributed by atoms with Crippen molar-refractivity contribution in [2.45, 2.75) is 32.2 Å². The van der Waals surface area contributed by atoms with E-state index in [1.807, 2.05) is 72.8 Å². The van der Waals surface area contributed by atoms with Crippen LogP contribution >= 0.6 is 0 Å². The fourth-order valence-electron chi connectivity index (χ4n) is 4.96. The third kappa shape index (κ3) is 8.93. The molecule has 0 unspecified atom stereocenters. The minimum atomic E-state index is -0.449. The summed E-state index contributed by atoms with van der Waals surface area (Å²) in [6.07, 6.45) is 0.536. The molecule has 0 saturated heterocycles. The van der Waals surface area contributed by atoms with Crippen molar-refractivity contribution in [1.29, 1.82) is 0 Å². The Morgan fingerprint density at radius 3 is 1.59 bits per heavy atom. The molecule has 6 nitrogen and oxygen atoms in total. The number of carbonyl (C=O) groups excluding carboxylic acids is 1. The predicted molar refractivity (Wildman–Crippen MR) is 161 cm³/mol. The summed E-state index contributed by atoms with van der Waals surface area (Å²) < 4.78 is 22.5. The fourth-order valence-corrected chi connectivity index (χ4v) is 4.96. The maximum Gasteiger partial charge on any atom is 0.310 e. The van der Waals surface area contributed by atoms with Gasteiger partial charge in [0, 0.05) is 19.1 Å². The van der Waals surface area contributed by atoms with Crippen molar-refractivity contribution >= 4 is 5.97 Å². The van der Waals surface area contributed by atoms with Gasteiger partial charge in [-0.05, 0) is 52.9 Å². The molecule has 2 atom stereocenters. The van der Waals surface area contributed by atoms with Gasteiger partial charge in [0.15, 0.2) is 0 Å². The number of hydrogen-bond donors (Lipinski definition) is 0. The number of nitrogens with zero attached hydrogens (tertiary/aromatic N) is 1. The molecule has 0 bridgehead atoms. The maximum absolute atomic E-state index is 13.4. The third-order valence-corrected chi connectivity index (χ3v) is 7.23. The van der Waals surface area contributed by atoms with Crippen LogP contribution in [0.15, 0.2) is 109 Å².